The second-order valence-electron chi connectivity index (χ2n) is 7.72. The number of pyridine rings is 1. The molecule has 1 fully saturated rings. The number of rotatable bonds is 6. The molecule has 0 unspecified atom stereocenters. The summed E-state index contributed by atoms with van der Waals surface area (Å²) in [5, 5.41) is 11.8. The number of fused-ring (bicyclic) bond motifs is 2. The van der Waals surface area contributed by atoms with Gasteiger partial charge in [0, 0.05) is 51.4 Å². The van der Waals surface area contributed by atoms with Crippen LogP contribution in [-0.4, -0.2) is 56.4 Å². The van der Waals surface area contributed by atoms with E-state index in [2.05, 4.69) is 14.9 Å². The number of nitrogens with zero attached hydrogens (tertiary/aromatic N) is 6. The van der Waals surface area contributed by atoms with Crippen molar-refractivity contribution in [3.05, 3.63) is 57.2 Å². The number of thiazole rings is 1. The number of hydrogen-bond donors (Lipinski definition) is 0. The number of piperazine rings is 1. The number of carbonyl (C=O) groups is 1. The summed E-state index contributed by atoms with van der Waals surface area (Å²) in [6.45, 7) is 2.93. The minimum absolute atomic E-state index is 0.0390. The lowest BCUT2D eigenvalue weighted by Crippen LogP contribution is -2.48. The first-order valence-corrected chi connectivity index (χ1v) is 11.3. The third-order valence-electron chi connectivity index (χ3n) is 5.69. The molecule has 0 saturated carbocycles. The van der Waals surface area contributed by atoms with E-state index >= 15 is 0 Å². The third-order valence-corrected chi connectivity index (χ3v) is 6.73. The summed E-state index contributed by atoms with van der Waals surface area (Å²) in [5.74, 6) is -0.547. The van der Waals surface area contributed by atoms with E-state index in [0.29, 0.717) is 51.1 Å². The molecular weight excluding hydrogens is 448 g/mol. The lowest BCUT2D eigenvalue weighted by Gasteiger charge is -2.34. The highest BCUT2D eigenvalue weighted by atomic mass is 32.1. The summed E-state index contributed by atoms with van der Waals surface area (Å²) in [6, 6.07) is 7.88. The number of benzene rings is 1. The lowest BCUT2D eigenvalue weighted by atomic mass is 10.2. The highest BCUT2D eigenvalue weighted by Gasteiger charge is 2.23. The average Bonchev–Trinajstić information content (AvgIpc) is 3.39. The molecule has 3 aromatic heterocycles. The van der Waals surface area contributed by atoms with Crippen molar-refractivity contribution in [2.24, 2.45) is 0 Å². The van der Waals surface area contributed by atoms with Crippen LogP contribution in [0.25, 0.3) is 21.4 Å². The van der Waals surface area contributed by atoms with Gasteiger partial charge in [-0.1, -0.05) is 11.3 Å². The van der Waals surface area contributed by atoms with Crippen LogP contribution >= 0.6 is 11.3 Å². The van der Waals surface area contributed by atoms with Crippen molar-refractivity contribution in [2.45, 2.75) is 19.4 Å². The van der Waals surface area contributed by atoms with E-state index in [1.165, 1.54) is 22.8 Å². The van der Waals surface area contributed by atoms with Crippen LogP contribution in [0.4, 0.5) is 10.8 Å². The molecule has 170 valence electrons. The number of anilines is 1. The number of non-ortho nitro benzene ring substituents is 1. The standard InChI is InChI=1S/C21H20N6O5S/c28-18(4-2-8-26-16-6-5-14(27(30)31)13-17(16)32-21(26)29)24-9-11-25(12-10-24)20-23-15-3-1-7-22-19(15)33-20/h1,3,5-7,13H,2,4,8-12H2. The Morgan fingerprint density at radius 2 is 2.03 bits per heavy atom. The second-order valence-corrected chi connectivity index (χ2v) is 8.68. The summed E-state index contributed by atoms with van der Waals surface area (Å²) in [4.78, 5) is 49.1. The van der Waals surface area contributed by atoms with Crippen molar-refractivity contribution in [2.75, 3.05) is 31.1 Å². The average molecular weight is 468 g/mol. The fourth-order valence-electron chi connectivity index (χ4n) is 3.97. The Morgan fingerprint density at radius 3 is 2.79 bits per heavy atom. The van der Waals surface area contributed by atoms with Crippen LogP contribution in [0.3, 0.4) is 0 Å². The number of aryl methyl sites for hydroxylation is 1. The molecular formula is C21H20N6O5S. The van der Waals surface area contributed by atoms with Crippen molar-refractivity contribution in [1.82, 2.24) is 19.4 Å². The molecule has 0 bridgehead atoms. The monoisotopic (exact) mass is 468 g/mol. The molecule has 0 radical (unpaired) electrons. The molecule has 1 aliphatic rings. The zero-order valence-corrected chi connectivity index (χ0v) is 18.4. The molecule has 1 aliphatic heterocycles. The van der Waals surface area contributed by atoms with E-state index in [4.69, 9.17) is 4.42 Å². The number of aromatic nitrogens is 3. The second kappa shape index (κ2) is 8.62. The molecule has 0 aliphatic carbocycles. The topological polar surface area (TPSA) is 128 Å². The molecule has 11 nitrogen and oxygen atoms in total. The Morgan fingerprint density at radius 1 is 1.21 bits per heavy atom. The fourth-order valence-corrected chi connectivity index (χ4v) is 4.93. The first-order chi connectivity index (χ1) is 16.0. The first kappa shape index (κ1) is 21.1. The molecule has 0 N–H and O–H groups in total. The highest BCUT2D eigenvalue weighted by Crippen LogP contribution is 2.27. The van der Waals surface area contributed by atoms with Crippen LogP contribution < -0.4 is 10.7 Å². The number of hydrogen-bond acceptors (Lipinski definition) is 9. The van der Waals surface area contributed by atoms with Gasteiger partial charge in [-0.25, -0.2) is 14.8 Å². The van der Waals surface area contributed by atoms with Crippen LogP contribution in [-0.2, 0) is 11.3 Å². The number of nitro benzene ring substituents is 1. The Bertz CT molecular complexity index is 1370. The molecule has 1 aromatic carbocycles. The van der Waals surface area contributed by atoms with Gasteiger partial charge in [0.1, 0.15) is 10.3 Å². The lowest BCUT2D eigenvalue weighted by molar-refractivity contribution is -0.384. The maximum Gasteiger partial charge on any atom is 0.419 e. The van der Waals surface area contributed by atoms with Crippen molar-refractivity contribution in [3.8, 4) is 0 Å². The maximum absolute atomic E-state index is 12.7. The molecule has 1 amide bonds. The Balaban J connectivity index is 1.16. The minimum atomic E-state index is -0.586. The zero-order valence-electron chi connectivity index (χ0n) is 17.5. The van der Waals surface area contributed by atoms with Crippen LogP contribution in [0.5, 0.6) is 0 Å². The SMILES string of the molecule is O=C(CCCn1c(=O)oc2cc([N+](=O)[O-])ccc21)N1CCN(c2nc3cccnc3s2)CC1. The summed E-state index contributed by atoms with van der Waals surface area (Å²) < 4.78 is 6.54. The van der Waals surface area contributed by atoms with Gasteiger partial charge in [-0.15, -0.1) is 0 Å². The summed E-state index contributed by atoms with van der Waals surface area (Å²) >= 11 is 1.55. The van der Waals surface area contributed by atoms with E-state index in [1.807, 2.05) is 17.0 Å². The van der Waals surface area contributed by atoms with Crippen molar-refractivity contribution >= 4 is 49.5 Å². The zero-order chi connectivity index (χ0) is 22.9. The molecule has 0 atom stereocenters. The van der Waals surface area contributed by atoms with Gasteiger partial charge in [0.2, 0.25) is 5.91 Å². The van der Waals surface area contributed by atoms with Crippen LogP contribution in [0.1, 0.15) is 12.8 Å². The quantitative estimate of drug-likeness (QED) is 0.312. The van der Waals surface area contributed by atoms with Gasteiger partial charge in [-0.05, 0) is 24.6 Å². The normalized spacial score (nSPS) is 14.3. The molecule has 33 heavy (non-hydrogen) atoms. The van der Waals surface area contributed by atoms with Gasteiger partial charge in [0.15, 0.2) is 10.7 Å². The molecule has 4 heterocycles. The Labute approximate surface area is 191 Å². The van der Waals surface area contributed by atoms with Gasteiger partial charge in [-0.3, -0.25) is 19.5 Å². The van der Waals surface area contributed by atoms with Crippen molar-refractivity contribution in [3.63, 3.8) is 0 Å². The summed E-state index contributed by atoms with van der Waals surface area (Å²) in [5.41, 5.74) is 1.39. The van der Waals surface area contributed by atoms with Crippen LogP contribution in [0.15, 0.2) is 45.7 Å². The van der Waals surface area contributed by atoms with Crippen LogP contribution in [0, 0.1) is 10.1 Å². The van der Waals surface area contributed by atoms with E-state index in [1.54, 1.807) is 17.5 Å². The van der Waals surface area contributed by atoms with Gasteiger partial charge in [0.05, 0.1) is 16.5 Å². The highest BCUT2D eigenvalue weighted by molar-refractivity contribution is 7.21. The van der Waals surface area contributed by atoms with Gasteiger partial charge in [0.25, 0.3) is 5.69 Å². The molecule has 12 heteroatoms. The van der Waals surface area contributed by atoms with Crippen molar-refractivity contribution < 1.29 is 14.1 Å². The summed E-state index contributed by atoms with van der Waals surface area (Å²) in [6.07, 6.45) is 2.52. The maximum atomic E-state index is 12.7. The first-order valence-electron chi connectivity index (χ1n) is 10.5. The molecule has 0 spiro atoms. The smallest absolute Gasteiger partial charge is 0.407 e. The minimum Gasteiger partial charge on any atom is -0.407 e. The Hall–Kier alpha value is -3.80. The van der Waals surface area contributed by atoms with E-state index in [-0.39, 0.29) is 17.2 Å². The molecule has 1 saturated heterocycles. The van der Waals surface area contributed by atoms with E-state index in [0.717, 1.165) is 15.5 Å². The number of amides is 1. The third kappa shape index (κ3) is 4.16. The van der Waals surface area contributed by atoms with E-state index in [9.17, 15) is 19.7 Å². The number of carbonyl (C=O) groups excluding carboxylic acids is 1. The number of nitro groups is 1. The van der Waals surface area contributed by atoms with Crippen molar-refractivity contribution in [1.29, 1.82) is 0 Å². The Kier molecular flexibility index (Phi) is 5.50. The summed E-state index contributed by atoms with van der Waals surface area (Å²) in [7, 11) is 0. The van der Waals surface area contributed by atoms with Gasteiger partial charge >= 0.3 is 5.76 Å². The van der Waals surface area contributed by atoms with E-state index < -0.39 is 10.7 Å². The molecule has 4 aromatic rings. The van der Waals surface area contributed by atoms with Gasteiger partial charge < -0.3 is 14.2 Å². The predicted octanol–water partition coefficient (Wildman–Crippen LogP) is 2.64. The molecule has 5 rings (SSSR count). The fraction of sp³-hybridized carbons (Fsp3) is 0.333. The largest absolute Gasteiger partial charge is 0.419 e. The number of oxazole rings is 1. The van der Waals surface area contributed by atoms with Gasteiger partial charge in [-0.2, -0.15) is 0 Å². The van der Waals surface area contributed by atoms with Crippen LogP contribution in [0.2, 0.25) is 0 Å². The predicted molar refractivity (Wildman–Crippen MR) is 123 cm³/mol.